The molecule has 1 heterocycles. The standard InChI is InChI=1S/C20H19FN4O2/c1-3-27-19-7-5-4-6-16(19)17-12-18(24-23-17)20(26)25-22-13(2)14-8-10-15(21)11-9-14/h4-12H,3H2,1-2H3,(H,23,24)(H,25,26). The zero-order chi connectivity index (χ0) is 19.2. The minimum Gasteiger partial charge on any atom is -0.493 e. The number of carbonyl (C=O) groups excluding carboxylic acids is 1. The third-order valence-electron chi connectivity index (χ3n) is 3.87. The van der Waals surface area contributed by atoms with Gasteiger partial charge in [-0.05, 0) is 49.7 Å². The van der Waals surface area contributed by atoms with Crippen molar-refractivity contribution in [1.82, 2.24) is 15.6 Å². The molecule has 0 atom stereocenters. The molecule has 2 N–H and O–H groups in total. The van der Waals surface area contributed by atoms with E-state index in [9.17, 15) is 9.18 Å². The Morgan fingerprint density at radius 3 is 2.70 bits per heavy atom. The van der Waals surface area contributed by atoms with Crippen molar-refractivity contribution in [2.24, 2.45) is 5.10 Å². The number of hydrogen-bond acceptors (Lipinski definition) is 4. The second-order valence-electron chi connectivity index (χ2n) is 5.74. The Hall–Kier alpha value is -3.48. The number of aromatic amines is 1. The van der Waals surface area contributed by atoms with E-state index in [4.69, 9.17) is 4.74 Å². The zero-order valence-corrected chi connectivity index (χ0v) is 15.0. The summed E-state index contributed by atoms with van der Waals surface area (Å²) in [5, 5.41) is 10.9. The highest BCUT2D eigenvalue weighted by Gasteiger charge is 2.13. The van der Waals surface area contributed by atoms with Crippen LogP contribution >= 0.6 is 0 Å². The molecule has 0 radical (unpaired) electrons. The predicted molar refractivity (Wildman–Crippen MR) is 101 cm³/mol. The van der Waals surface area contributed by atoms with Crippen LogP contribution in [0.25, 0.3) is 11.3 Å². The van der Waals surface area contributed by atoms with Gasteiger partial charge >= 0.3 is 0 Å². The number of nitrogens with one attached hydrogen (secondary N) is 2. The Morgan fingerprint density at radius 2 is 1.96 bits per heavy atom. The highest BCUT2D eigenvalue weighted by molar-refractivity contribution is 6.00. The Kier molecular flexibility index (Phi) is 5.61. The molecule has 6 nitrogen and oxygen atoms in total. The molecule has 0 saturated carbocycles. The van der Waals surface area contributed by atoms with E-state index in [1.165, 1.54) is 12.1 Å². The number of H-pyrrole nitrogens is 1. The molecule has 138 valence electrons. The number of hydrogen-bond donors (Lipinski definition) is 2. The van der Waals surface area contributed by atoms with Gasteiger partial charge < -0.3 is 4.74 Å². The first-order valence-electron chi connectivity index (χ1n) is 8.46. The normalized spacial score (nSPS) is 11.3. The minimum absolute atomic E-state index is 0.270. The van der Waals surface area contributed by atoms with Gasteiger partial charge in [0.1, 0.15) is 17.3 Å². The van der Waals surface area contributed by atoms with E-state index in [-0.39, 0.29) is 11.5 Å². The molecular formula is C20H19FN4O2. The van der Waals surface area contributed by atoms with Crippen molar-refractivity contribution >= 4 is 11.6 Å². The first-order chi connectivity index (χ1) is 13.1. The van der Waals surface area contributed by atoms with E-state index in [0.717, 1.165) is 5.56 Å². The van der Waals surface area contributed by atoms with E-state index in [1.807, 2.05) is 31.2 Å². The fourth-order valence-corrected chi connectivity index (χ4v) is 2.49. The fraction of sp³-hybridized carbons (Fsp3) is 0.150. The molecule has 0 aliphatic heterocycles. The number of halogens is 1. The minimum atomic E-state index is -0.427. The summed E-state index contributed by atoms with van der Waals surface area (Å²) in [6.07, 6.45) is 0. The van der Waals surface area contributed by atoms with Gasteiger partial charge in [-0.3, -0.25) is 9.89 Å². The van der Waals surface area contributed by atoms with Gasteiger partial charge in [-0.25, -0.2) is 9.82 Å². The van der Waals surface area contributed by atoms with Gasteiger partial charge in [-0.2, -0.15) is 10.2 Å². The highest BCUT2D eigenvalue weighted by Crippen LogP contribution is 2.28. The van der Waals surface area contributed by atoms with E-state index < -0.39 is 5.91 Å². The van der Waals surface area contributed by atoms with Gasteiger partial charge in [-0.15, -0.1) is 0 Å². The predicted octanol–water partition coefficient (Wildman–Crippen LogP) is 3.77. The highest BCUT2D eigenvalue weighted by atomic mass is 19.1. The van der Waals surface area contributed by atoms with Crippen LogP contribution in [-0.4, -0.2) is 28.4 Å². The number of amides is 1. The van der Waals surface area contributed by atoms with Gasteiger partial charge in [0.25, 0.3) is 5.91 Å². The average Bonchev–Trinajstić information content (AvgIpc) is 3.17. The topological polar surface area (TPSA) is 79.4 Å². The number of aromatic nitrogens is 2. The van der Waals surface area contributed by atoms with E-state index in [2.05, 4.69) is 20.7 Å². The molecule has 0 unspecified atom stereocenters. The van der Waals surface area contributed by atoms with Gasteiger partial charge in [-0.1, -0.05) is 24.3 Å². The van der Waals surface area contributed by atoms with Crippen LogP contribution in [0.5, 0.6) is 5.75 Å². The van der Waals surface area contributed by atoms with Crippen LogP contribution < -0.4 is 10.2 Å². The van der Waals surface area contributed by atoms with Gasteiger partial charge in [0.05, 0.1) is 18.0 Å². The molecule has 7 heteroatoms. The smallest absolute Gasteiger partial charge is 0.289 e. The molecule has 27 heavy (non-hydrogen) atoms. The SMILES string of the molecule is CCOc1ccccc1-c1cc(C(=O)NN=C(C)c2ccc(F)cc2)[nH]n1. The Labute approximate surface area is 156 Å². The van der Waals surface area contributed by atoms with Crippen molar-refractivity contribution in [3.63, 3.8) is 0 Å². The number of nitrogens with zero attached hydrogens (tertiary/aromatic N) is 2. The summed E-state index contributed by atoms with van der Waals surface area (Å²) >= 11 is 0. The van der Waals surface area contributed by atoms with E-state index in [0.29, 0.717) is 29.3 Å². The second kappa shape index (κ2) is 8.27. The van der Waals surface area contributed by atoms with Gasteiger partial charge in [0.15, 0.2) is 0 Å². The van der Waals surface area contributed by atoms with Crippen molar-refractivity contribution in [2.45, 2.75) is 13.8 Å². The van der Waals surface area contributed by atoms with Crippen molar-refractivity contribution in [3.8, 4) is 17.0 Å². The number of para-hydroxylation sites is 1. The van der Waals surface area contributed by atoms with Crippen molar-refractivity contribution in [2.75, 3.05) is 6.61 Å². The van der Waals surface area contributed by atoms with Crippen LogP contribution in [0, 0.1) is 5.82 Å². The lowest BCUT2D eigenvalue weighted by atomic mass is 10.1. The third kappa shape index (κ3) is 4.38. The summed E-state index contributed by atoms with van der Waals surface area (Å²) < 4.78 is 18.6. The van der Waals surface area contributed by atoms with Crippen LogP contribution in [-0.2, 0) is 0 Å². The molecule has 0 saturated heterocycles. The number of rotatable bonds is 6. The summed E-state index contributed by atoms with van der Waals surface area (Å²) in [4.78, 5) is 12.3. The molecule has 0 aliphatic carbocycles. The fourth-order valence-electron chi connectivity index (χ4n) is 2.49. The third-order valence-corrected chi connectivity index (χ3v) is 3.87. The van der Waals surface area contributed by atoms with Crippen molar-refractivity contribution < 1.29 is 13.9 Å². The second-order valence-corrected chi connectivity index (χ2v) is 5.74. The Morgan fingerprint density at radius 1 is 1.22 bits per heavy atom. The van der Waals surface area contributed by atoms with Gasteiger partial charge in [0, 0.05) is 5.56 Å². The summed E-state index contributed by atoms with van der Waals surface area (Å²) in [7, 11) is 0. The average molecular weight is 366 g/mol. The summed E-state index contributed by atoms with van der Waals surface area (Å²) in [5.41, 5.74) is 5.41. The Balaban J connectivity index is 1.74. The zero-order valence-electron chi connectivity index (χ0n) is 15.0. The molecule has 0 spiro atoms. The van der Waals surface area contributed by atoms with E-state index >= 15 is 0 Å². The van der Waals surface area contributed by atoms with Crippen LogP contribution in [0.15, 0.2) is 59.7 Å². The van der Waals surface area contributed by atoms with Crippen LogP contribution in [0.2, 0.25) is 0 Å². The van der Waals surface area contributed by atoms with Crippen molar-refractivity contribution in [1.29, 1.82) is 0 Å². The van der Waals surface area contributed by atoms with Crippen LogP contribution in [0.4, 0.5) is 4.39 Å². The van der Waals surface area contributed by atoms with Gasteiger partial charge in [0.2, 0.25) is 0 Å². The van der Waals surface area contributed by atoms with Crippen LogP contribution in [0.1, 0.15) is 29.9 Å². The molecule has 3 aromatic rings. The molecule has 0 aliphatic rings. The molecule has 2 aromatic carbocycles. The largest absolute Gasteiger partial charge is 0.493 e. The maximum absolute atomic E-state index is 13.0. The van der Waals surface area contributed by atoms with E-state index in [1.54, 1.807) is 25.1 Å². The summed E-state index contributed by atoms with van der Waals surface area (Å²) in [6, 6.07) is 15.0. The lowest BCUT2D eigenvalue weighted by Crippen LogP contribution is -2.19. The lowest BCUT2D eigenvalue weighted by molar-refractivity contribution is 0.0950. The molecule has 3 rings (SSSR count). The number of carbonyl (C=O) groups is 1. The molecule has 1 aromatic heterocycles. The number of ether oxygens (including phenoxy) is 1. The summed E-state index contributed by atoms with van der Waals surface area (Å²) in [6.45, 7) is 4.16. The first kappa shape index (κ1) is 18.3. The number of hydrazone groups is 1. The molecule has 0 bridgehead atoms. The van der Waals surface area contributed by atoms with Crippen LogP contribution in [0.3, 0.4) is 0 Å². The summed E-state index contributed by atoms with van der Waals surface area (Å²) in [5.74, 6) is -0.0550. The molecule has 1 amide bonds. The molecule has 0 fully saturated rings. The lowest BCUT2D eigenvalue weighted by Gasteiger charge is -2.07. The maximum atomic E-state index is 13.0. The van der Waals surface area contributed by atoms with Crippen molar-refractivity contribution in [3.05, 3.63) is 71.7 Å². The first-order valence-corrected chi connectivity index (χ1v) is 8.46. The quantitative estimate of drug-likeness (QED) is 0.515. The maximum Gasteiger partial charge on any atom is 0.289 e. The molecular weight excluding hydrogens is 347 g/mol. The number of benzene rings is 2. The monoisotopic (exact) mass is 366 g/mol. The Bertz CT molecular complexity index is 964.